The molecule has 2 aromatic heterocycles. The summed E-state index contributed by atoms with van der Waals surface area (Å²) in [4.78, 5) is 36.1. The predicted molar refractivity (Wildman–Crippen MR) is 184 cm³/mol. The molecule has 3 aromatic carbocycles. The van der Waals surface area contributed by atoms with Crippen LogP contribution in [0.25, 0.3) is 11.2 Å². The zero-order chi connectivity index (χ0) is 36.9. The fourth-order valence-electron chi connectivity index (χ4n) is 5.23. The molecule has 5 aromatic rings. The van der Waals surface area contributed by atoms with Crippen LogP contribution in [0.5, 0.6) is 5.75 Å². The van der Waals surface area contributed by atoms with Crippen molar-refractivity contribution in [1.82, 2.24) is 24.6 Å². The summed E-state index contributed by atoms with van der Waals surface area (Å²) in [6, 6.07) is 23.6. The van der Waals surface area contributed by atoms with E-state index in [1.807, 2.05) is 0 Å². The van der Waals surface area contributed by atoms with Gasteiger partial charge in [0.15, 0.2) is 23.9 Å². The van der Waals surface area contributed by atoms with Gasteiger partial charge in [0, 0.05) is 0 Å². The number of benzene rings is 3. The lowest BCUT2D eigenvalue weighted by Gasteiger charge is -2.26. The summed E-state index contributed by atoms with van der Waals surface area (Å²) in [5.74, 6) is -0.999. The number of para-hydroxylation sites is 1. The Hall–Kier alpha value is -4.28. The maximum atomic E-state index is 15.4. The first kappa shape index (κ1) is 37.5. The van der Waals surface area contributed by atoms with Crippen molar-refractivity contribution in [1.29, 1.82) is 0 Å². The maximum absolute atomic E-state index is 15.4. The third kappa shape index (κ3) is 9.19. The fraction of sp³-hybridized carbons (Fsp3) is 0.250. The molecular weight excluding hydrogens is 745 g/mol. The van der Waals surface area contributed by atoms with Crippen molar-refractivity contribution in [2.75, 3.05) is 12.3 Å². The van der Waals surface area contributed by atoms with Crippen molar-refractivity contribution in [3.05, 3.63) is 114 Å². The van der Waals surface area contributed by atoms with E-state index in [0.717, 1.165) is 10.9 Å². The van der Waals surface area contributed by atoms with Gasteiger partial charge in [-0.25, -0.2) is 18.5 Å². The van der Waals surface area contributed by atoms with E-state index in [1.54, 1.807) is 78.9 Å². The number of phosphoric acid groups is 1. The number of esters is 1. The van der Waals surface area contributed by atoms with E-state index in [1.165, 1.54) is 12.1 Å². The molecule has 52 heavy (non-hydrogen) atoms. The number of aromatic nitrogens is 4. The lowest BCUT2D eigenvalue weighted by molar-refractivity contribution is -0.147. The quantitative estimate of drug-likeness (QED) is 0.0630. The largest absolute Gasteiger partial charge is 0.481 e. The van der Waals surface area contributed by atoms with E-state index >= 15 is 4.39 Å². The molecule has 0 saturated carbocycles. The number of nitrogens with two attached hydrogens (primary N) is 1. The number of hydrogen-bond donors (Lipinski definition) is 4. The first-order valence-corrected chi connectivity index (χ1v) is 19.0. The molecule has 6 rings (SSSR count). The minimum absolute atomic E-state index is 0.00695. The Labute approximate surface area is 300 Å². The first-order valence-electron chi connectivity index (χ1n) is 15.6. The smallest absolute Gasteiger partial charge is 0.460 e. The van der Waals surface area contributed by atoms with Crippen LogP contribution in [0.1, 0.15) is 17.4 Å². The van der Waals surface area contributed by atoms with E-state index in [-0.39, 0.29) is 41.0 Å². The SMILES string of the molecule is Nc1nc(Cl)nc2c1ncn2C1OC(COP(=O)(O)OP(=O)(N[C@@H](Cc2ccccc2)C(=O)OCc2ccccc2)Oc2ccccc2)C(O)C1F. The monoisotopic (exact) mass is 776 g/mol. The highest BCUT2D eigenvalue weighted by Gasteiger charge is 2.48. The van der Waals surface area contributed by atoms with Gasteiger partial charge in [0.25, 0.3) is 0 Å². The number of rotatable bonds is 15. The van der Waals surface area contributed by atoms with Gasteiger partial charge in [-0.3, -0.25) is 13.9 Å². The Morgan fingerprint density at radius 1 is 1.02 bits per heavy atom. The van der Waals surface area contributed by atoms with E-state index < -0.39 is 58.8 Å². The highest BCUT2D eigenvalue weighted by atomic mass is 35.5. The van der Waals surface area contributed by atoms with Crippen LogP contribution in [0, 0.1) is 0 Å². The van der Waals surface area contributed by atoms with E-state index in [0.29, 0.717) is 11.1 Å². The third-order valence-corrected chi connectivity index (χ3v) is 11.1. The number of aliphatic hydroxyl groups excluding tert-OH is 1. The number of carbonyl (C=O) groups excluding carboxylic acids is 1. The fourth-order valence-corrected chi connectivity index (χ4v) is 8.36. The van der Waals surface area contributed by atoms with Gasteiger partial charge in [0.05, 0.1) is 12.9 Å². The summed E-state index contributed by atoms with van der Waals surface area (Å²) in [6.45, 7) is -1.05. The van der Waals surface area contributed by atoms with Crippen molar-refractivity contribution in [2.45, 2.75) is 43.7 Å². The molecule has 20 heteroatoms. The number of aliphatic hydroxyl groups is 1. The molecule has 1 aliphatic rings. The number of fused-ring (bicyclic) bond motifs is 1. The first-order chi connectivity index (χ1) is 24.9. The number of hydrogen-bond acceptors (Lipinski definition) is 13. The topological polar surface area (TPSA) is 219 Å². The number of alkyl halides is 1. The van der Waals surface area contributed by atoms with Crippen LogP contribution in [-0.2, 0) is 45.3 Å². The van der Waals surface area contributed by atoms with Gasteiger partial charge in [-0.15, -0.1) is 0 Å². The van der Waals surface area contributed by atoms with Crippen LogP contribution in [0.15, 0.2) is 97.3 Å². The summed E-state index contributed by atoms with van der Waals surface area (Å²) in [5, 5.41) is 12.8. The van der Waals surface area contributed by atoms with Crippen molar-refractivity contribution in [3.63, 3.8) is 0 Å². The molecule has 0 amide bonds. The minimum atomic E-state index is -5.40. The minimum Gasteiger partial charge on any atom is -0.460 e. The van der Waals surface area contributed by atoms with Gasteiger partial charge in [0.1, 0.15) is 36.1 Å². The standard InChI is InChI=1S/C32H32ClFN6O10P2/c33-32-37-28(35)26-29(38-32)40(19-36-26)30-25(34)27(41)24(48-30)18-47-52(44,45)50-51(43,49-22-14-8-3-9-15-22)39-23(16-20-10-4-1-5-11-20)31(42)46-17-21-12-6-2-7-13-21/h1-15,19,23-25,27,30,41H,16-18H2,(H,39,43)(H,44,45)(H2,35,37,38)/t23-,24?,25?,27?,30?,51?/m0/s1. The number of halogens is 2. The summed E-state index contributed by atoms with van der Waals surface area (Å²) < 4.78 is 71.0. The van der Waals surface area contributed by atoms with Gasteiger partial charge in [0.2, 0.25) is 5.28 Å². The average Bonchev–Trinajstić information content (AvgIpc) is 3.66. The molecule has 1 fully saturated rings. The van der Waals surface area contributed by atoms with E-state index in [9.17, 15) is 23.9 Å². The van der Waals surface area contributed by atoms with Gasteiger partial charge in [-0.1, -0.05) is 78.9 Å². The van der Waals surface area contributed by atoms with Crippen LogP contribution in [-0.4, -0.2) is 66.5 Å². The summed E-state index contributed by atoms with van der Waals surface area (Å²) in [7, 11) is -10.4. The lowest BCUT2D eigenvalue weighted by Crippen LogP contribution is -2.39. The number of ether oxygens (including phenoxy) is 2. The van der Waals surface area contributed by atoms with Crippen molar-refractivity contribution in [3.8, 4) is 5.75 Å². The van der Waals surface area contributed by atoms with Gasteiger partial charge < -0.3 is 29.7 Å². The molecule has 0 aliphatic carbocycles. The zero-order valence-corrected chi connectivity index (χ0v) is 29.5. The average molecular weight is 777 g/mol. The molecule has 0 spiro atoms. The highest BCUT2D eigenvalue weighted by Crippen LogP contribution is 2.61. The number of anilines is 1. The Kier molecular flexibility index (Phi) is 11.7. The zero-order valence-electron chi connectivity index (χ0n) is 26.9. The molecule has 16 nitrogen and oxygen atoms in total. The number of carbonyl (C=O) groups is 1. The van der Waals surface area contributed by atoms with E-state index in [2.05, 4.69) is 20.0 Å². The van der Waals surface area contributed by atoms with Gasteiger partial charge >= 0.3 is 21.5 Å². The Balaban J connectivity index is 1.19. The highest BCUT2D eigenvalue weighted by molar-refractivity contribution is 7.63. The van der Waals surface area contributed by atoms with Crippen LogP contribution < -0.4 is 15.3 Å². The molecular formula is C32H32ClFN6O10P2. The second kappa shape index (κ2) is 16.2. The second-order valence-electron chi connectivity index (χ2n) is 11.4. The number of nitrogens with one attached hydrogen (secondary N) is 1. The molecule has 274 valence electrons. The molecule has 5 N–H and O–H groups in total. The molecule has 0 bridgehead atoms. The summed E-state index contributed by atoms with van der Waals surface area (Å²) in [5.41, 5.74) is 7.23. The molecule has 1 saturated heterocycles. The number of phosphoric ester groups is 1. The van der Waals surface area contributed by atoms with Crippen LogP contribution in [0.3, 0.4) is 0 Å². The second-order valence-corrected chi connectivity index (χ2v) is 15.0. The van der Waals surface area contributed by atoms with Crippen LogP contribution in [0.4, 0.5) is 10.2 Å². The number of nitrogens with zero attached hydrogens (tertiary/aromatic N) is 4. The number of nitrogen functional groups attached to an aromatic ring is 1. The summed E-state index contributed by atoms with van der Waals surface area (Å²) in [6.07, 6.45) is -6.00. The van der Waals surface area contributed by atoms with Gasteiger partial charge in [-0.2, -0.15) is 19.4 Å². The maximum Gasteiger partial charge on any atom is 0.481 e. The Morgan fingerprint density at radius 3 is 2.33 bits per heavy atom. The van der Waals surface area contributed by atoms with Crippen molar-refractivity contribution in [2.24, 2.45) is 0 Å². The molecule has 7 atom stereocenters. The lowest BCUT2D eigenvalue weighted by atomic mass is 10.1. The molecule has 6 unspecified atom stereocenters. The van der Waals surface area contributed by atoms with Crippen LogP contribution >= 0.6 is 27.2 Å². The summed E-state index contributed by atoms with van der Waals surface area (Å²) >= 11 is 5.90. The Bertz CT molecular complexity index is 2090. The third-order valence-electron chi connectivity index (χ3n) is 7.68. The van der Waals surface area contributed by atoms with Crippen LogP contribution in [0.2, 0.25) is 5.28 Å². The Morgan fingerprint density at radius 2 is 1.65 bits per heavy atom. The molecule has 3 heterocycles. The molecule has 1 aliphatic heterocycles. The number of imidazole rings is 1. The van der Waals surface area contributed by atoms with E-state index in [4.69, 9.17) is 40.2 Å². The van der Waals surface area contributed by atoms with Crippen molar-refractivity contribution >= 4 is 50.1 Å². The normalized spacial score (nSPS) is 21.6. The van der Waals surface area contributed by atoms with Gasteiger partial charge in [-0.05, 0) is 41.3 Å². The van der Waals surface area contributed by atoms with Crippen molar-refractivity contribution < 1.29 is 51.1 Å². The predicted octanol–water partition coefficient (Wildman–Crippen LogP) is 4.92. The molecule has 0 radical (unpaired) electrons.